The molecule has 0 unspecified atom stereocenters. The minimum Gasteiger partial charge on any atom is -0.507 e. The molecule has 0 amide bonds. The Morgan fingerprint density at radius 2 is 1.81 bits per heavy atom. The monoisotopic (exact) mass is 220 g/mol. The van der Waals surface area contributed by atoms with Crippen molar-refractivity contribution in [1.29, 1.82) is 0 Å². The summed E-state index contributed by atoms with van der Waals surface area (Å²) in [6.07, 6.45) is 4.61. The summed E-state index contributed by atoms with van der Waals surface area (Å²) >= 11 is 0. The third-order valence-corrected chi connectivity index (χ3v) is 2.98. The molecule has 0 fully saturated rings. The van der Waals surface area contributed by atoms with Crippen molar-refractivity contribution in [3.63, 3.8) is 0 Å². The average Bonchev–Trinajstić information content (AvgIpc) is 2.19. The van der Waals surface area contributed by atoms with Gasteiger partial charge in [-0.3, -0.25) is 0 Å². The third-order valence-electron chi connectivity index (χ3n) is 2.98. The van der Waals surface area contributed by atoms with E-state index in [4.69, 9.17) is 0 Å². The summed E-state index contributed by atoms with van der Waals surface area (Å²) in [4.78, 5) is 0. The molecule has 1 aromatic rings. The molecular weight excluding hydrogens is 196 g/mol. The van der Waals surface area contributed by atoms with Gasteiger partial charge in [-0.25, -0.2) is 0 Å². The summed E-state index contributed by atoms with van der Waals surface area (Å²) in [5, 5.41) is 10.2. The van der Waals surface area contributed by atoms with Gasteiger partial charge in [-0.2, -0.15) is 0 Å². The predicted molar refractivity (Wildman–Crippen MR) is 70.0 cm³/mol. The molecule has 0 aliphatic carbocycles. The van der Waals surface area contributed by atoms with Gasteiger partial charge in [0, 0.05) is 0 Å². The average molecular weight is 220 g/mol. The van der Waals surface area contributed by atoms with E-state index >= 15 is 0 Å². The highest BCUT2D eigenvalue weighted by Gasteiger charge is 2.19. The fourth-order valence-electron chi connectivity index (χ4n) is 1.96. The smallest absolute Gasteiger partial charge is 0.122 e. The molecule has 0 saturated heterocycles. The molecule has 0 heterocycles. The van der Waals surface area contributed by atoms with Gasteiger partial charge in [0.2, 0.25) is 0 Å². The van der Waals surface area contributed by atoms with E-state index in [1.165, 1.54) is 12.8 Å². The Morgan fingerprint density at radius 3 is 2.38 bits per heavy atom. The van der Waals surface area contributed by atoms with Crippen molar-refractivity contribution in [1.82, 2.24) is 0 Å². The van der Waals surface area contributed by atoms with Crippen molar-refractivity contribution in [3.8, 4) is 5.75 Å². The van der Waals surface area contributed by atoms with E-state index in [0.717, 1.165) is 24.0 Å². The maximum absolute atomic E-state index is 10.2. The number of aromatic hydroxyl groups is 1. The Kier molecular flexibility index (Phi) is 4.40. The zero-order valence-electron chi connectivity index (χ0n) is 11.0. The maximum Gasteiger partial charge on any atom is 0.122 e. The number of para-hydroxylation sites is 1. The van der Waals surface area contributed by atoms with Gasteiger partial charge >= 0.3 is 0 Å². The van der Waals surface area contributed by atoms with Crippen LogP contribution in [0.3, 0.4) is 0 Å². The summed E-state index contributed by atoms with van der Waals surface area (Å²) in [7, 11) is 0. The number of unbranched alkanes of at least 4 members (excludes halogenated alkanes) is 2. The molecule has 1 aromatic carbocycles. The SMILES string of the molecule is CCCCCc1cccc(C(C)(C)C)c1O. The van der Waals surface area contributed by atoms with Gasteiger partial charge in [-0.15, -0.1) is 0 Å². The van der Waals surface area contributed by atoms with Gasteiger partial charge in [0.1, 0.15) is 5.75 Å². The molecule has 1 rings (SSSR count). The fourth-order valence-corrected chi connectivity index (χ4v) is 1.96. The van der Waals surface area contributed by atoms with Crippen molar-refractivity contribution in [2.24, 2.45) is 0 Å². The first-order chi connectivity index (χ1) is 7.46. The lowest BCUT2D eigenvalue weighted by Gasteiger charge is -2.21. The standard InChI is InChI=1S/C15H24O/c1-5-6-7-9-12-10-8-11-13(14(12)16)15(2,3)4/h8,10-11,16H,5-7,9H2,1-4H3. The lowest BCUT2D eigenvalue weighted by molar-refractivity contribution is 0.439. The Bertz CT molecular complexity index is 334. The topological polar surface area (TPSA) is 20.2 Å². The molecule has 0 bridgehead atoms. The number of phenols is 1. The summed E-state index contributed by atoms with van der Waals surface area (Å²) < 4.78 is 0. The van der Waals surface area contributed by atoms with Gasteiger partial charge in [0.05, 0.1) is 0 Å². The molecule has 0 aromatic heterocycles. The molecular formula is C15H24O. The van der Waals surface area contributed by atoms with Crippen molar-refractivity contribution in [2.45, 2.75) is 58.8 Å². The van der Waals surface area contributed by atoms with Crippen LogP contribution in [0.2, 0.25) is 0 Å². The van der Waals surface area contributed by atoms with Crippen LogP contribution in [0.25, 0.3) is 0 Å². The van der Waals surface area contributed by atoms with E-state index < -0.39 is 0 Å². The molecule has 0 saturated carbocycles. The highest BCUT2D eigenvalue weighted by atomic mass is 16.3. The zero-order chi connectivity index (χ0) is 12.2. The first-order valence-corrected chi connectivity index (χ1v) is 6.28. The Hall–Kier alpha value is -0.980. The largest absolute Gasteiger partial charge is 0.507 e. The highest BCUT2D eigenvalue weighted by molar-refractivity contribution is 5.44. The van der Waals surface area contributed by atoms with Crippen LogP contribution in [-0.2, 0) is 11.8 Å². The summed E-state index contributed by atoms with van der Waals surface area (Å²) in [6, 6.07) is 6.13. The van der Waals surface area contributed by atoms with Crippen LogP contribution in [0, 0.1) is 0 Å². The Balaban J connectivity index is 2.87. The number of phenolic OH excluding ortho intramolecular Hbond substituents is 1. The van der Waals surface area contributed by atoms with Crippen LogP contribution >= 0.6 is 0 Å². The molecule has 1 N–H and O–H groups in total. The van der Waals surface area contributed by atoms with Crippen molar-refractivity contribution in [2.75, 3.05) is 0 Å². The maximum atomic E-state index is 10.2. The van der Waals surface area contributed by atoms with Crippen LogP contribution in [0.15, 0.2) is 18.2 Å². The van der Waals surface area contributed by atoms with E-state index in [9.17, 15) is 5.11 Å². The van der Waals surface area contributed by atoms with Gasteiger partial charge in [0.15, 0.2) is 0 Å². The lowest BCUT2D eigenvalue weighted by Crippen LogP contribution is -2.11. The summed E-state index contributed by atoms with van der Waals surface area (Å²) in [5.41, 5.74) is 2.17. The zero-order valence-corrected chi connectivity index (χ0v) is 11.0. The van der Waals surface area contributed by atoms with Crippen LogP contribution in [-0.4, -0.2) is 5.11 Å². The number of hydrogen-bond acceptors (Lipinski definition) is 1. The van der Waals surface area contributed by atoms with E-state index in [2.05, 4.69) is 33.8 Å². The van der Waals surface area contributed by atoms with E-state index in [1.54, 1.807) is 0 Å². The Morgan fingerprint density at radius 1 is 1.12 bits per heavy atom. The molecule has 0 atom stereocenters. The number of benzene rings is 1. The quantitative estimate of drug-likeness (QED) is 0.745. The summed E-state index contributed by atoms with van der Waals surface area (Å²) in [5.74, 6) is 0.506. The summed E-state index contributed by atoms with van der Waals surface area (Å²) in [6.45, 7) is 8.61. The minimum absolute atomic E-state index is 0.0187. The number of hydrogen-bond donors (Lipinski definition) is 1. The molecule has 0 radical (unpaired) electrons. The van der Waals surface area contributed by atoms with E-state index in [-0.39, 0.29) is 5.41 Å². The van der Waals surface area contributed by atoms with Gasteiger partial charge < -0.3 is 5.11 Å². The second-order valence-electron chi connectivity index (χ2n) is 5.52. The molecule has 16 heavy (non-hydrogen) atoms. The first-order valence-electron chi connectivity index (χ1n) is 6.28. The lowest BCUT2D eigenvalue weighted by atomic mass is 9.84. The van der Waals surface area contributed by atoms with Crippen LogP contribution in [0.4, 0.5) is 0 Å². The second-order valence-corrected chi connectivity index (χ2v) is 5.52. The number of aryl methyl sites for hydroxylation is 1. The van der Waals surface area contributed by atoms with Gasteiger partial charge in [0.25, 0.3) is 0 Å². The van der Waals surface area contributed by atoms with Crippen molar-refractivity contribution in [3.05, 3.63) is 29.3 Å². The van der Waals surface area contributed by atoms with Crippen LogP contribution in [0.1, 0.15) is 58.1 Å². The number of rotatable bonds is 4. The third kappa shape index (κ3) is 3.26. The van der Waals surface area contributed by atoms with Crippen LogP contribution < -0.4 is 0 Å². The normalized spacial score (nSPS) is 11.8. The molecule has 0 aliphatic rings. The fraction of sp³-hybridized carbons (Fsp3) is 0.600. The molecule has 0 aliphatic heterocycles. The Labute approximate surface area is 99.5 Å². The van der Waals surface area contributed by atoms with Gasteiger partial charge in [-0.05, 0) is 29.4 Å². The van der Waals surface area contributed by atoms with E-state index in [1.807, 2.05) is 12.1 Å². The molecule has 1 nitrogen and oxygen atoms in total. The first kappa shape index (κ1) is 13.1. The minimum atomic E-state index is 0.0187. The molecule has 0 spiro atoms. The molecule has 1 heteroatoms. The predicted octanol–water partition coefficient (Wildman–Crippen LogP) is 4.42. The second kappa shape index (κ2) is 5.38. The van der Waals surface area contributed by atoms with Gasteiger partial charge in [-0.1, -0.05) is 58.7 Å². The van der Waals surface area contributed by atoms with Crippen molar-refractivity contribution < 1.29 is 5.11 Å². The van der Waals surface area contributed by atoms with E-state index in [0.29, 0.717) is 5.75 Å². The van der Waals surface area contributed by atoms with Crippen LogP contribution in [0.5, 0.6) is 5.75 Å². The highest BCUT2D eigenvalue weighted by Crippen LogP contribution is 2.33. The molecule has 90 valence electrons. The van der Waals surface area contributed by atoms with Crippen molar-refractivity contribution >= 4 is 0 Å².